The van der Waals surface area contributed by atoms with Gasteiger partial charge in [-0.05, 0) is 28.3 Å². The van der Waals surface area contributed by atoms with E-state index in [1.54, 1.807) is 0 Å². The Hall–Kier alpha value is -2.25. The normalized spacial score (nSPS) is 16.6. The molecule has 0 N–H and O–H groups in total. The second kappa shape index (κ2) is 7.40. The second-order valence-corrected chi connectivity index (χ2v) is 8.51. The van der Waals surface area contributed by atoms with Crippen molar-refractivity contribution in [1.82, 2.24) is 0 Å². The van der Waals surface area contributed by atoms with Crippen LogP contribution in [0.25, 0.3) is 11.0 Å². The van der Waals surface area contributed by atoms with E-state index in [4.69, 9.17) is 3.74 Å². The molecule has 1 aliphatic rings. The number of hydrogen-bond donors (Lipinski definition) is 0. The molecule has 1 aliphatic heterocycles. The summed E-state index contributed by atoms with van der Waals surface area (Å²) in [6.45, 7) is 0. The van der Waals surface area contributed by atoms with Crippen molar-refractivity contribution in [1.29, 1.82) is 0 Å². The minimum Gasteiger partial charge on any atom is -0.182 e. The molecule has 0 radical (unpaired) electrons. The summed E-state index contributed by atoms with van der Waals surface area (Å²) >= 11 is 0. The Morgan fingerprint density at radius 3 is 1.85 bits per heavy atom. The van der Waals surface area contributed by atoms with E-state index in [1.807, 2.05) is 91.0 Å². The Morgan fingerprint density at radius 1 is 0.667 bits per heavy atom. The van der Waals surface area contributed by atoms with Crippen LogP contribution < -0.4 is 14.0 Å². The summed E-state index contributed by atoms with van der Waals surface area (Å²) in [5, 5.41) is 0. The van der Waals surface area contributed by atoms with Crippen molar-refractivity contribution < 1.29 is 28.0 Å². The lowest BCUT2D eigenvalue weighted by molar-refractivity contribution is -1.91. The van der Waals surface area contributed by atoms with E-state index < -0.39 is 21.0 Å². The Labute approximate surface area is 161 Å². The van der Waals surface area contributed by atoms with Gasteiger partial charge in [0.2, 0.25) is 0 Å². The molecular weight excluding hydrogens is 384 g/mol. The Kier molecular flexibility index (Phi) is 4.97. The first-order chi connectivity index (χ1) is 13.0. The van der Waals surface area contributed by atoms with Crippen LogP contribution in [0.2, 0.25) is 0 Å². The molecule has 0 saturated carbocycles. The summed E-state index contributed by atoms with van der Waals surface area (Å²) in [5.74, 6) is 0. The number of hydrogen-bond acceptors (Lipinski definition) is 4. The standard InChI is InChI=1S/C21H15ClO4S/c23-22(24,25)26-27-20(16-9-3-1-4-10-16)15-18-13-7-8-14-19(18)21(27)17-11-5-2-6-12-17/h1-15H. The summed E-state index contributed by atoms with van der Waals surface area (Å²) in [4.78, 5) is 1.33. The van der Waals surface area contributed by atoms with Crippen molar-refractivity contribution >= 4 is 26.6 Å². The van der Waals surface area contributed by atoms with E-state index >= 15 is 0 Å². The molecule has 0 bridgehead atoms. The number of rotatable bonds is 4. The summed E-state index contributed by atoms with van der Waals surface area (Å²) in [6.07, 6.45) is 1.89. The van der Waals surface area contributed by atoms with Crippen LogP contribution in [0.1, 0.15) is 22.3 Å². The van der Waals surface area contributed by atoms with Gasteiger partial charge in [-0.25, -0.2) is 0 Å². The lowest BCUT2D eigenvalue weighted by Gasteiger charge is -2.23. The van der Waals surface area contributed by atoms with Gasteiger partial charge in [0, 0.05) is 0 Å². The first kappa shape index (κ1) is 18.1. The largest absolute Gasteiger partial charge is 0.182 e. The number of halogens is 1. The molecule has 6 heteroatoms. The molecule has 3 aromatic rings. The van der Waals surface area contributed by atoms with Gasteiger partial charge < -0.3 is 0 Å². The summed E-state index contributed by atoms with van der Waals surface area (Å²) in [7, 11) is -5.99. The predicted molar refractivity (Wildman–Crippen MR) is 99.1 cm³/mol. The fraction of sp³-hybridized carbons (Fsp3) is 0. The molecule has 3 aromatic carbocycles. The first-order valence-corrected chi connectivity index (χ1v) is 10.6. The number of benzene rings is 3. The highest BCUT2D eigenvalue weighted by Gasteiger charge is 2.33. The zero-order valence-corrected chi connectivity index (χ0v) is 15.7. The summed E-state index contributed by atoms with van der Waals surface area (Å²) in [5.41, 5.74) is 3.42. The van der Waals surface area contributed by atoms with Crippen LogP contribution in [-0.4, -0.2) is 4.86 Å². The van der Waals surface area contributed by atoms with Crippen LogP contribution in [0.3, 0.4) is 0 Å². The van der Waals surface area contributed by atoms with Gasteiger partial charge in [-0.3, -0.25) is 0 Å². The van der Waals surface area contributed by atoms with E-state index in [2.05, 4.69) is 0 Å². The summed E-state index contributed by atoms with van der Waals surface area (Å²) < 4.78 is 39.7. The highest BCUT2D eigenvalue weighted by Crippen LogP contribution is 2.46. The maximum absolute atomic E-state index is 11.5. The minimum absolute atomic E-state index is 0.653. The molecule has 0 saturated heterocycles. The molecule has 1 heterocycles. The summed E-state index contributed by atoms with van der Waals surface area (Å²) in [6, 6.07) is 26.4. The maximum atomic E-state index is 11.5. The van der Waals surface area contributed by atoms with E-state index in [0.29, 0.717) is 9.77 Å². The van der Waals surface area contributed by atoms with E-state index in [0.717, 1.165) is 22.3 Å². The van der Waals surface area contributed by atoms with Gasteiger partial charge in [-0.2, -0.15) is 14.0 Å². The second-order valence-electron chi connectivity index (χ2n) is 5.87. The van der Waals surface area contributed by atoms with E-state index in [-0.39, 0.29) is 0 Å². The van der Waals surface area contributed by atoms with Crippen molar-refractivity contribution in [3.8, 4) is 0 Å². The molecule has 27 heavy (non-hydrogen) atoms. The van der Waals surface area contributed by atoms with Crippen LogP contribution in [0, 0.1) is 10.2 Å². The minimum atomic E-state index is -4.60. The molecule has 0 aliphatic carbocycles. The van der Waals surface area contributed by atoms with Crippen LogP contribution >= 0.6 is 10.8 Å². The molecule has 1 unspecified atom stereocenters. The first-order valence-electron chi connectivity index (χ1n) is 8.17. The molecular formula is C21H15ClO4S. The van der Waals surface area contributed by atoms with Gasteiger partial charge in [-0.1, -0.05) is 84.9 Å². The average molecular weight is 399 g/mol. The third kappa shape index (κ3) is 3.89. The lowest BCUT2D eigenvalue weighted by Crippen LogP contribution is -2.60. The van der Waals surface area contributed by atoms with Crippen LogP contribution in [0.5, 0.6) is 0 Å². The van der Waals surface area contributed by atoms with Crippen molar-refractivity contribution in [2.75, 3.05) is 0 Å². The lowest BCUT2D eigenvalue weighted by atomic mass is 9.98. The fourth-order valence-electron chi connectivity index (χ4n) is 3.02. The van der Waals surface area contributed by atoms with E-state index in [1.165, 1.54) is 0 Å². The third-order valence-corrected chi connectivity index (χ3v) is 6.81. The zero-order chi connectivity index (χ0) is 18.9. The van der Waals surface area contributed by atoms with Crippen molar-refractivity contribution in [3.63, 3.8) is 0 Å². The van der Waals surface area contributed by atoms with Crippen LogP contribution in [-0.2, 0) is 3.74 Å². The molecule has 0 amide bonds. The predicted octanol–water partition coefficient (Wildman–Crippen LogP) is 1.86. The Balaban J connectivity index is 2.04. The van der Waals surface area contributed by atoms with Gasteiger partial charge in [0.15, 0.2) is 0 Å². The van der Waals surface area contributed by atoms with Gasteiger partial charge in [0.25, 0.3) is 0 Å². The molecule has 0 fully saturated rings. The van der Waals surface area contributed by atoms with Gasteiger partial charge in [0.05, 0.1) is 20.0 Å². The average Bonchev–Trinajstić information content (AvgIpc) is 2.67. The Bertz CT molecular complexity index is 1020. The molecule has 4 nitrogen and oxygen atoms in total. The monoisotopic (exact) mass is 398 g/mol. The molecule has 0 aromatic heterocycles. The fourth-order valence-corrected chi connectivity index (χ4v) is 5.70. The zero-order valence-electron chi connectivity index (χ0n) is 14.1. The van der Waals surface area contributed by atoms with Gasteiger partial charge in [-0.15, -0.1) is 0 Å². The number of fused-ring (bicyclic) bond motifs is 1. The van der Waals surface area contributed by atoms with Crippen LogP contribution in [0.15, 0.2) is 84.9 Å². The highest BCUT2D eigenvalue weighted by atomic mass is 35.7. The third-order valence-electron chi connectivity index (χ3n) is 4.11. The van der Waals surface area contributed by atoms with Gasteiger partial charge in [0.1, 0.15) is 14.5 Å². The molecule has 0 spiro atoms. The SMILES string of the molecule is [O-][Cl+3]([O-])([O-])OS1=C(c2ccccc2)c2ccccc2C=C1c1ccccc1. The van der Waals surface area contributed by atoms with Crippen molar-refractivity contribution in [2.24, 2.45) is 0 Å². The molecule has 4 rings (SSSR count). The molecule has 1 atom stereocenters. The topological polar surface area (TPSA) is 78.4 Å². The maximum Gasteiger partial charge on any atom is 0.148 e. The van der Waals surface area contributed by atoms with Crippen molar-refractivity contribution in [2.45, 2.75) is 0 Å². The van der Waals surface area contributed by atoms with Crippen molar-refractivity contribution in [3.05, 3.63) is 107 Å². The molecule has 136 valence electrons. The quantitative estimate of drug-likeness (QED) is 0.628. The van der Waals surface area contributed by atoms with Crippen LogP contribution in [0.4, 0.5) is 0 Å². The smallest absolute Gasteiger partial charge is 0.148 e. The highest BCUT2D eigenvalue weighted by molar-refractivity contribution is 8.20. The van der Waals surface area contributed by atoms with E-state index in [9.17, 15) is 14.0 Å². The van der Waals surface area contributed by atoms with Gasteiger partial charge >= 0.3 is 0 Å². The Morgan fingerprint density at radius 2 is 1.22 bits per heavy atom.